The van der Waals surface area contributed by atoms with Gasteiger partial charge in [-0.25, -0.2) is 9.78 Å². The topological polar surface area (TPSA) is 86.0 Å². The first-order valence-electron chi connectivity index (χ1n) is 6.97. The minimum absolute atomic E-state index is 0.460. The van der Waals surface area contributed by atoms with Gasteiger partial charge in [0.25, 0.3) is 0 Å². The largest absolute Gasteiger partial charge is 0.480 e. The molecular formula is C15H19N3O2. The van der Waals surface area contributed by atoms with Gasteiger partial charge < -0.3 is 10.4 Å². The number of nitrogens with zero attached hydrogens (tertiary/aromatic N) is 2. The molecule has 1 aliphatic carbocycles. The third-order valence-electron chi connectivity index (χ3n) is 4.20. The molecule has 1 fully saturated rings. The van der Waals surface area contributed by atoms with Gasteiger partial charge in [-0.15, -0.1) is 0 Å². The number of carbonyl (C=O) groups is 1. The van der Waals surface area contributed by atoms with E-state index in [4.69, 9.17) is 5.26 Å². The maximum atomic E-state index is 11.7. The van der Waals surface area contributed by atoms with Crippen LogP contribution in [0.25, 0.3) is 0 Å². The van der Waals surface area contributed by atoms with Crippen molar-refractivity contribution in [2.75, 3.05) is 5.32 Å². The lowest BCUT2D eigenvalue weighted by Crippen LogP contribution is -2.49. The van der Waals surface area contributed by atoms with Gasteiger partial charge in [0.1, 0.15) is 11.4 Å². The van der Waals surface area contributed by atoms with Gasteiger partial charge in [0.05, 0.1) is 11.6 Å². The Morgan fingerprint density at radius 2 is 2.30 bits per heavy atom. The van der Waals surface area contributed by atoms with Crippen LogP contribution >= 0.6 is 0 Å². The lowest BCUT2D eigenvalue weighted by atomic mass is 9.75. The summed E-state index contributed by atoms with van der Waals surface area (Å²) in [7, 11) is 0. The number of rotatable bonds is 4. The Bertz CT molecular complexity index is 528. The van der Waals surface area contributed by atoms with Crippen molar-refractivity contribution in [3.8, 4) is 6.07 Å². The summed E-state index contributed by atoms with van der Waals surface area (Å²) in [6, 6.07) is 5.23. The maximum Gasteiger partial charge on any atom is 0.329 e. The Balaban J connectivity index is 2.18. The molecule has 1 saturated carbocycles. The Morgan fingerprint density at radius 1 is 1.60 bits per heavy atom. The number of aliphatic carboxylic acids is 1. The third kappa shape index (κ3) is 2.90. The Kier molecular flexibility index (Phi) is 4.23. The van der Waals surface area contributed by atoms with E-state index in [0.717, 1.165) is 19.3 Å². The van der Waals surface area contributed by atoms with E-state index in [1.807, 2.05) is 6.07 Å². The van der Waals surface area contributed by atoms with Crippen molar-refractivity contribution < 1.29 is 9.90 Å². The predicted molar refractivity (Wildman–Crippen MR) is 75.2 cm³/mol. The van der Waals surface area contributed by atoms with Crippen LogP contribution in [0.2, 0.25) is 0 Å². The van der Waals surface area contributed by atoms with E-state index < -0.39 is 11.5 Å². The molecule has 5 nitrogen and oxygen atoms in total. The summed E-state index contributed by atoms with van der Waals surface area (Å²) >= 11 is 0. The average Bonchev–Trinajstić information content (AvgIpc) is 2.48. The SMILES string of the molecule is CCC1CCC(Nc2cc(C#N)ccn2)(C(=O)O)CC1. The number of carboxylic acids is 1. The molecule has 1 aromatic rings. The van der Waals surface area contributed by atoms with Gasteiger partial charge >= 0.3 is 5.97 Å². The molecular weight excluding hydrogens is 254 g/mol. The highest BCUT2D eigenvalue weighted by Gasteiger charge is 2.41. The summed E-state index contributed by atoms with van der Waals surface area (Å²) in [5, 5.41) is 21.5. The maximum absolute atomic E-state index is 11.7. The highest BCUT2D eigenvalue weighted by atomic mass is 16.4. The molecule has 1 aromatic heterocycles. The van der Waals surface area contributed by atoms with Crippen LogP contribution in [-0.4, -0.2) is 21.6 Å². The van der Waals surface area contributed by atoms with Crippen LogP contribution in [-0.2, 0) is 4.79 Å². The number of anilines is 1. The van der Waals surface area contributed by atoms with Crippen molar-refractivity contribution >= 4 is 11.8 Å². The van der Waals surface area contributed by atoms with E-state index >= 15 is 0 Å². The van der Waals surface area contributed by atoms with Crippen LogP contribution in [0.5, 0.6) is 0 Å². The number of pyridine rings is 1. The molecule has 0 unspecified atom stereocenters. The number of aromatic nitrogens is 1. The Labute approximate surface area is 118 Å². The van der Waals surface area contributed by atoms with E-state index in [2.05, 4.69) is 17.2 Å². The van der Waals surface area contributed by atoms with Crippen LogP contribution < -0.4 is 5.32 Å². The second-order valence-corrected chi connectivity index (χ2v) is 5.41. The van der Waals surface area contributed by atoms with Gasteiger partial charge in [-0.05, 0) is 43.7 Å². The van der Waals surface area contributed by atoms with Gasteiger partial charge in [0.15, 0.2) is 0 Å². The minimum Gasteiger partial charge on any atom is -0.480 e. The first-order valence-corrected chi connectivity index (χ1v) is 6.97. The van der Waals surface area contributed by atoms with Gasteiger partial charge in [-0.2, -0.15) is 5.26 Å². The normalized spacial score (nSPS) is 25.7. The first-order chi connectivity index (χ1) is 9.59. The highest BCUT2D eigenvalue weighted by Crippen LogP contribution is 2.36. The number of nitriles is 1. The van der Waals surface area contributed by atoms with E-state index in [0.29, 0.717) is 30.1 Å². The summed E-state index contributed by atoms with van der Waals surface area (Å²) in [5.74, 6) is 0.236. The molecule has 106 valence electrons. The molecule has 1 heterocycles. The van der Waals surface area contributed by atoms with Crippen LogP contribution in [0.1, 0.15) is 44.6 Å². The monoisotopic (exact) mass is 273 g/mol. The van der Waals surface area contributed by atoms with E-state index in [9.17, 15) is 9.90 Å². The van der Waals surface area contributed by atoms with Crippen LogP contribution in [0, 0.1) is 17.2 Å². The molecule has 2 N–H and O–H groups in total. The predicted octanol–water partition coefficient (Wildman–Crippen LogP) is 2.79. The molecule has 0 spiro atoms. The lowest BCUT2D eigenvalue weighted by Gasteiger charge is -2.37. The first kappa shape index (κ1) is 14.3. The van der Waals surface area contributed by atoms with Crippen molar-refractivity contribution in [2.45, 2.75) is 44.6 Å². The van der Waals surface area contributed by atoms with Gasteiger partial charge in [-0.3, -0.25) is 0 Å². The molecule has 0 atom stereocenters. The fourth-order valence-corrected chi connectivity index (χ4v) is 2.78. The molecule has 0 aromatic carbocycles. The van der Waals surface area contributed by atoms with Gasteiger partial charge in [-0.1, -0.05) is 13.3 Å². The number of carboxylic acid groups (broad SMARTS) is 1. The quantitative estimate of drug-likeness (QED) is 0.881. The lowest BCUT2D eigenvalue weighted by molar-refractivity contribution is -0.143. The summed E-state index contributed by atoms with van der Waals surface area (Å²) in [6.45, 7) is 2.14. The summed E-state index contributed by atoms with van der Waals surface area (Å²) in [6.07, 6.45) is 5.63. The van der Waals surface area contributed by atoms with Crippen molar-refractivity contribution in [1.29, 1.82) is 5.26 Å². The molecule has 2 rings (SSSR count). The Morgan fingerprint density at radius 3 is 2.85 bits per heavy atom. The zero-order valence-electron chi connectivity index (χ0n) is 11.6. The zero-order valence-corrected chi connectivity index (χ0v) is 11.6. The number of nitrogens with one attached hydrogen (secondary N) is 1. The minimum atomic E-state index is -0.952. The van der Waals surface area contributed by atoms with Crippen LogP contribution in [0.4, 0.5) is 5.82 Å². The molecule has 0 bridgehead atoms. The molecule has 0 radical (unpaired) electrons. The number of hydrogen-bond donors (Lipinski definition) is 2. The second-order valence-electron chi connectivity index (χ2n) is 5.41. The van der Waals surface area contributed by atoms with Crippen molar-refractivity contribution in [2.24, 2.45) is 5.92 Å². The molecule has 0 amide bonds. The van der Waals surface area contributed by atoms with Gasteiger partial charge in [0.2, 0.25) is 0 Å². The van der Waals surface area contributed by atoms with Crippen LogP contribution in [0.3, 0.4) is 0 Å². The van der Waals surface area contributed by atoms with Gasteiger partial charge in [0, 0.05) is 6.20 Å². The molecule has 0 saturated heterocycles. The zero-order chi connectivity index (χ0) is 14.6. The Hall–Kier alpha value is -2.09. The average molecular weight is 273 g/mol. The summed E-state index contributed by atoms with van der Waals surface area (Å²) in [4.78, 5) is 15.8. The van der Waals surface area contributed by atoms with E-state index in [1.54, 1.807) is 12.1 Å². The van der Waals surface area contributed by atoms with Crippen molar-refractivity contribution in [3.63, 3.8) is 0 Å². The summed E-state index contributed by atoms with van der Waals surface area (Å²) in [5.41, 5.74) is -0.475. The fraction of sp³-hybridized carbons (Fsp3) is 0.533. The molecule has 5 heteroatoms. The van der Waals surface area contributed by atoms with Crippen molar-refractivity contribution in [3.05, 3.63) is 23.9 Å². The molecule has 1 aliphatic rings. The number of hydrogen-bond acceptors (Lipinski definition) is 4. The smallest absolute Gasteiger partial charge is 0.329 e. The molecule has 0 aliphatic heterocycles. The van der Waals surface area contributed by atoms with E-state index in [1.165, 1.54) is 6.20 Å². The second kappa shape index (κ2) is 5.91. The molecule has 20 heavy (non-hydrogen) atoms. The van der Waals surface area contributed by atoms with E-state index in [-0.39, 0.29) is 0 Å². The third-order valence-corrected chi connectivity index (χ3v) is 4.20. The highest BCUT2D eigenvalue weighted by molar-refractivity contribution is 5.82. The van der Waals surface area contributed by atoms with Crippen molar-refractivity contribution in [1.82, 2.24) is 4.98 Å². The summed E-state index contributed by atoms with van der Waals surface area (Å²) < 4.78 is 0. The van der Waals surface area contributed by atoms with Crippen LogP contribution in [0.15, 0.2) is 18.3 Å². The fourth-order valence-electron chi connectivity index (χ4n) is 2.78. The standard InChI is InChI=1S/C15H19N3O2/c1-2-11-3-6-15(7-4-11,14(19)20)18-13-9-12(10-16)5-8-17-13/h5,8-9,11H,2-4,6-7H2,1H3,(H,17,18)(H,19,20).